The highest BCUT2D eigenvalue weighted by Gasteiger charge is 2.43. The molecule has 3 aromatic rings. The van der Waals surface area contributed by atoms with Gasteiger partial charge in [-0.2, -0.15) is 0 Å². The number of hydrogen-bond donors (Lipinski definition) is 2. The molecule has 0 spiro atoms. The molecular weight excluding hydrogens is 435 g/mol. The van der Waals surface area contributed by atoms with Gasteiger partial charge in [0.25, 0.3) is 0 Å². The van der Waals surface area contributed by atoms with Crippen LogP contribution in [-0.2, 0) is 10.6 Å². The van der Waals surface area contributed by atoms with Crippen LogP contribution in [0.5, 0.6) is 5.75 Å². The van der Waals surface area contributed by atoms with Crippen LogP contribution in [0.2, 0.25) is 0 Å². The smallest absolute Gasteiger partial charge is 0.191 e. The second-order valence-corrected chi connectivity index (χ2v) is 8.61. The van der Waals surface area contributed by atoms with Crippen LogP contribution in [0, 0.1) is 12.7 Å². The Morgan fingerprint density at radius 3 is 2.65 bits per heavy atom. The van der Waals surface area contributed by atoms with Crippen molar-refractivity contribution in [2.45, 2.75) is 38.5 Å². The Balaban J connectivity index is 1.66. The van der Waals surface area contributed by atoms with E-state index in [0.29, 0.717) is 12.1 Å². The van der Waals surface area contributed by atoms with Crippen molar-refractivity contribution < 1.29 is 19.1 Å². The zero-order chi connectivity index (χ0) is 24.3. The predicted octanol–water partition coefficient (Wildman–Crippen LogP) is 3.93. The molecule has 1 aromatic heterocycles. The van der Waals surface area contributed by atoms with Crippen molar-refractivity contribution >= 4 is 6.08 Å². The topological polar surface area (TPSA) is 85.8 Å². The Hall–Kier alpha value is -3.04. The third-order valence-corrected chi connectivity index (χ3v) is 6.58. The average Bonchev–Trinajstić information content (AvgIpc) is 3.29. The van der Waals surface area contributed by atoms with Gasteiger partial charge in [0.2, 0.25) is 0 Å². The molecule has 1 aliphatic heterocycles. The molecule has 180 valence electrons. The van der Waals surface area contributed by atoms with E-state index in [9.17, 15) is 9.50 Å². The van der Waals surface area contributed by atoms with Crippen molar-refractivity contribution in [3.8, 4) is 11.4 Å². The molecule has 0 aliphatic carbocycles. The lowest BCUT2D eigenvalue weighted by atomic mass is 9.90. The molecule has 1 aliphatic rings. The Bertz CT molecular complexity index is 1160. The van der Waals surface area contributed by atoms with Gasteiger partial charge in [-0.1, -0.05) is 29.8 Å². The molecule has 2 aromatic carbocycles. The van der Waals surface area contributed by atoms with Gasteiger partial charge in [0.15, 0.2) is 5.72 Å². The van der Waals surface area contributed by atoms with E-state index in [4.69, 9.17) is 15.5 Å². The summed E-state index contributed by atoms with van der Waals surface area (Å²) in [5.74, 6) is 6.14. The van der Waals surface area contributed by atoms with Gasteiger partial charge in [-0.15, -0.1) is 0 Å². The van der Waals surface area contributed by atoms with Crippen molar-refractivity contribution in [2.75, 3.05) is 20.3 Å². The standard InChI is InChI=1S/C26H31FN4O3/c1-18-15-30(17-29-18)24-11-6-20(14-25(24)33-3)13-21-5-4-12-31(19(21)2)26(16-32,34-28)22-7-9-23(27)10-8-22/h6-11,13-15,17,19,32H,4-5,12,16,28H2,1-3H3. The Morgan fingerprint density at radius 2 is 2.03 bits per heavy atom. The van der Waals surface area contributed by atoms with Gasteiger partial charge in [0, 0.05) is 24.3 Å². The average molecular weight is 467 g/mol. The van der Waals surface area contributed by atoms with E-state index in [-0.39, 0.29) is 18.5 Å². The van der Waals surface area contributed by atoms with Crippen LogP contribution in [0.1, 0.15) is 36.6 Å². The molecule has 3 N–H and O–H groups in total. The summed E-state index contributed by atoms with van der Waals surface area (Å²) >= 11 is 0. The fraction of sp³-hybridized carbons (Fsp3) is 0.346. The van der Waals surface area contributed by atoms with Crippen LogP contribution in [0.3, 0.4) is 0 Å². The maximum absolute atomic E-state index is 13.5. The van der Waals surface area contributed by atoms with Crippen molar-refractivity contribution in [3.63, 3.8) is 0 Å². The van der Waals surface area contributed by atoms with Gasteiger partial charge < -0.3 is 14.4 Å². The van der Waals surface area contributed by atoms with Crippen LogP contribution in [0.15, 0.2) is 60.6 Å². The largest absolute Gasteiger partial charge is 0.495 e. The molecule has 0 bridgehead atoms. The summed E-state index contributed by atoms with van der Waals surface area (Å²) in [6.07, 6.45) is 7.63. The first kappa shape index (κ1) is 24.1. The van der Waals surface area contributed by atoms with E-state index in [1.165, 1.54) is 17.7 Å². The van der Waals surface area contributed by atoms with Crippen LogP contribution >= 0.6 is 0 Å². The quantitative estimate of drug-likeness (QED) is 0.513. The highest BCUT2D eigenvalue weighted by atomic mass is 19.1. The van der Waals surface area contributed by atoms with Crippen molar-refractivity contribution in [1.29, 1.82) is 0 Å². The van der Waals surface area contributed by atoms with E-state index in [0.717, 1.165) is 35.5 Å². The number of imidazole rings is 1. The van der Waals surface area contributed by atoms with Crippen LogP contribution in [-0.4, -0.2) is 45.9 Å². The van der Waals surface area contributed by atoms with Crippen LogP contribution in [0.25, 0.3) is 11.8 Å². The highest BCUT2D eigenvalue weighted by Crippen LogP contribution is 2.37. The molecule has 2 atom stereocenters. The molecule has 1 saturated heterocycles. The lowest BCUT2D eigenvalue weighted by Gasteiger charge is -2.47. The number of methoxy groups -OCH3 is 1. The van der Waals surface area contributed by atoms with Gasteiger partial charge >= 0.3 is 0 Å². The normalized spacial score (nSPS) is 19.8. The number of ether oxygens (including phenoxy) is 1. The van der Waals surface area contributed by atoms with Crippen molar-refractivity contribution in [1.82, 2.24) is 14.5 Å². The number of halogens is 1. The molecule has 2 unspecified atom stereocenters. The first-order valence-electron chi connectivity index (χ1n) is 11.3. The number of rotatable bonds is 7. The minimum absolute atomic E-state index is 0.0727. The van der Waals surface area contributed by atoms with E-state index >= 15 is 0 Å². The number of likely N-dealkylation sites (tertiary alicyclic amines) is 1. The molecule has 0 amide bonds. The van der Waals surface area contributed by atoms with Crippen molar-refractivity contribution in [3.05, 3.63) is 83.2 Å². The highest BCUT2D eigenvalue weighted by molar-refractivity contribution is 5.61. The Kier molecular flexibility index (Phi) is 7.13. The summed E-state index contributed by atoms with van der Waals surface area (Å²) < 4.78 is 21.1. The summed E-state index contributed by atoms with van der Waals surface area (Å²) in [4.78, 5) is 11.8. The lowest BCUT2D eigenvalue weighted by molar-refractivity contribution is -0.203. The number of piperidine rings is 1. The number of nitrogens with zero attached hydrogens (tertiary/aromatic N) is 3. The molecule has 1 fully saturated rings. The third-order valence-electron chi connectivity index (χ3n) is 6.58. The zero-order valence-corrected chi connectivity index (χ0v) is 19.7. The number of aliphatic hydroxyl groups is 1. The summed E-state index contributed by atoms with van der Waals surface area (Å²) in [5, 5.41) is 10.4. The molecule has 4 rings (SSSR count). The summed E-state index contributed by atoms with van der Waals surface area (Å²) in [6.45, 7) is 4.33. The number of nitrogens with two attached hydrogens (primary N) is 1. The fourth-order valence-corrected chi connectivity index (χ4v) is 4.74. The second-order valence-electron chi connectivity index (χ2n) is 8.61. The SMILES string of the molecule is COc1cc(C=C2CCCN(C(CO)(ON)c3ccc(F)cc3)C2C)ccc1-n1cnc(C)c1. The van der Waals surface area contributed by atoms with E-state index in [2.05, 4.69) is 18.0 Å². The Morgan fingerprint density at radius 1 is 1.26 bits per heavy atom. The van der Waals surface area contributed by atoms with E-state index in [1.807, 2.05) is 40.8 Å². The maximum atomic E-state index is 13.5. The van der Waals surface area contributed by atoms with Gasteiger partial charge in [-0.25, -0.2) is 15.3 Å². The monoisotopic (exact) mass is 466 g/mol. The number of aryl methyl sites for hydroxylation is 1. The molecule has 7 nitrogen and oxygen atoms in total. The van der Waals surface area contributed by atoms with Crippen LogP contribution < -0.4 is 10.6 Å². The van der Waals surface area contributed by atoms with Gasteiger partial charge in [0.05, 0.1) is 31.4 Å². The summed E-state index contributed by atoms with van der Waals surface area (Å²) in [6, 6.07) is 11.9. The van der Waals surface area contributed by atoms with Crippen LogP contribution in [0.4, 0.5) is 4.39 Å². The van der Waals surface area contributed by atoms with E-state index < -0.39 is 5.72 Å². The number of hydrogen-bond acceptors (Lipinski definition) is 6. The summed E-state index contributed by atoms with van der Waals surface area (Å²) in [7, 11) is 1.65. The molecule has 34 heavy (non-hydrogen) atoms. The van der Waals surface area contributed by atoms with Gasteiger partial charge in [-0.3, -0.25) is 9.74 Å². The Labute approximate surface area is 199 Å². The molecule has 0 saturated carbocycles. The zero-order valence-electron chi connectivity index (χ0n) is 19.7. The minimum atomic E-state index is -1.27. The summed E-state index contributed by atoms with van der Waals surface area (Å²) in [5.41, 5.74) is 3.36. The van der Waals surface area contributed by atoms with Crippen molar-refractivity contribution in [2.24, 2.45) is 5.90 Å². The predicted molar refractivity (Wildman–Crippen MR) is 129 cm³/mol. The number of benzene rings is 2. The maximum Gasteiger partial charge on any atom is 0.191 e. The second kappa shape index (κ2) is 10.1. The van der Waals surface area contributed by atoms with Gasteiger partial charge in [0.1, 0.15) is 11.6 Å². The molecule has 2 heterocycles. The first-order valence-corrected chi connectivity index (χ1v) is 11.3. The molecule has 0 radical (unpaired) electrons. The number of aromatic nitrogens is 2. The van der Waals surface area contributed by atoms with Gasteiger partial charge in [-0.05, 0) is 56.5 Å². The molecule has 8 heteroatoms. The molecular formula is C26H31FN4O3. The van der Waals surface area contributed by atoms with E-state index in [1.54, 1.807) is 25.6 Å². The fourth-order valence-electron chi connectivity index (χ4n) is 4.74. The number of aliphatic hydroxyl groups excluding tert-OH is 1. The third kappa shape index (κ3) is 4.50. The minimum Gasteiger partial charge on any atom is -0.495 e. The lowest BCUT2D eigenvalue weighted by Crippen LogP contribution is -2.58. The first-order chi connectivity index (χ1) is 16.4.